The van der Waals surface area contributed by atoms with Gasteiger partial charge in [0.15, 0.2) is 8.32 Å². The maximum atomic E-state index is 8.66. The molecule has 0 aromatic rings. The van der Waals surface area contributed by atoms with E-state index in [1.165, 1.54) is 0 Å². The molecule has 0 unspecified atom stereocenters. The van der Waals surface area contributed by atoms with Crippen molar-refractivity contribution >= 4 is 8.32 Å². The summed E-state index contributed by atoms with van der Waals surface area (Å²) in [5.41, 5.74) is 0. The van der Waals surface area contributed by atoms with Crippen molar-refractivity contribution in [2.24, 2.45) is 0 Å². The van der Waals surface area contributed by atoms with Gasteiger partial charge in [-0.2, -0.15) is 0 Å². The molecule has 0 saturated heterocycles. The van der Waals surface area contributed by atoms with Crippen LogP contribution in [0.1, 0.15) is 0 Å². The van der Waals surface area contributed by atoms with E-state index >= 15 is 0 Å². The van der Waals surface area contributed by atoms with Gasteiger partial charge in [-0.15, -0.1) is 0 Å². The SMILES string of the molecule is C[Si](C)(C)O.[Li+]. The van der Waals surface area contributed by atoms with Gasteiger partial charge in [-0.25, -0.2) is 0 Å². The second-order valence-corrected chi connectivity index (χ2v) is 6.51. The average Bonchev–Trinajstić information content (AvgIpc) is 0.722. The average molecular weight is 97.1 g/mol. The largest absolute Gasteiger partial charge is 1.00 e. The zero-order chi connectivity index (χ0) is 4.50. The molecule has 0 aromatic heterocycles. The monoisotopic (exact) mass is 97.1 g/mol. The smallest absolute Gasteiger partial charge is 0.433 e. The Balaban J connectivity index is 0. The summed E-state index contributed by atoms with van der Waals surface area (Å²) >= 11 is 0. The first-order chi connectivity index (χ1) is 2.00. The molecule has 1 nitrogen and oxygen atoms in total. The Hall–Kier alpha value is 0.774. The molecule has 0 aliphatic heterocycles. The van der Waals surface area contributed by atoms with Gasteiger partial charge in [0.25, 0.3) is 0 Å². The minimum atomic E-state index is -1.61. The molecule has 0 bridgehead atoms. The van der Waals surface area contributed by atoms with Crippen LogP contribution in [-0.2, 0) is 0 Å². The van der Waals surface area contributed by atoms with E-state index in [1.807, 2.05) is 19.6 Å². The summed E-state index contributed by atoms with van der Waals surface area (Å²) in [6, 6.07) is 0. The van der Waals surface area contributed by atoms with E-state index in [9.17, 15) is 0 Å². The quantitative estimate of drug-likeness (QED) is 0.341. The predicted molar refractivity (Wildman–Crippen MR) is 25.6 cm³/mol. The van der Waals surface area contributed by atoms with Crippen LogP contribution in [0.4, 0.5) is 0 Å². The van der Waals surface area contributed by atoms with E-state index in [1.54, 1.807) is 0 Å². The first-order valence-corrected chi connectivity index (χ1v) is 5.17. The van der Waals surface area contributed by atoms with Crippen LogP contribution in [0, 0.1) is 0 Å². The molecule has 0 spiro atoms. The van der Waals surface area contributed by atoms with Crippen LogP contribution in [0.2, 0.25) is 19.6 Å². The van der Waals surface area contributed by atoms with Crippen LogP contribution < -0.4 is 18.9 Å². The summed E-state index contributed by atoms with van der Waals surface area (Å²) < 4.78 is 0. The first-order valence-electron chi connectivity index (χ1n) is 1.72. The molecule has 0 saturated carbocycles. The fourth-order valence-corrected chi connectivity index (χ4v) is 0. The van der Waals surface area contributed by atoms with Crippen molar-refractivity contribution < 1.29 is 23.7 Å². The molecule has 0 atom stereocenters. The molecule has 0 aliphatic carbocycles. The zero-order valence-corrected chi connectivity index (χ0v) is 5.95. The van der Waals surface area contributed by atoms with E-state index < -0.39 is 8.32 Å². The van der Waals surface area contributed by atoms with Crippen molar-refractivity contribution in [3.63, 3.8) is 0 Å². The first kappa shape index (κ1) is 9.91. The number of rotatable bonds is 0. The third-order valence-electron chi connectivity index (χ3n) is 0. The molecule has 0 rings (SSSR count). The van der Waals surface area contributed by atoms with Crippen molar-refractivity contribution in [2.45, 2.75) is 19.6 Å². The summed E-state index contributed by atoms with van der Waals surface area (Å²) in [4.78, 5) is 8.66. The molecule has 0 amide bonds. The van der Waals surface area contributed by atoms with Crippen LogP contribution in [0.3, 0.4) is 0 Å². The third-order valence-corrected chi connectivity index (χ3v) is 0. The molecule has 0 fully saturated rings. The maximum absolute atomic E-state index is 8.66. The maximum Gasteiger partial charge on any atom is 1.00 e. The summed E-state index contributed by atoms with van der Waals surface area (Å²) in [5.74, 6) is 0. The van der Waals surface area contributed by atoms with Gasteiger partial charge in [0.05, 0.1) is 0 Å². The molecular formula is C3H10LiOSi+. The van der Waals surface area contributed by atoms with Crippen molar-refractivity contribution in [1.29, 1.82) is 0 Å². The molecule has 1 N–H and O–H groups in total. The molecule has 0 radical (unpaired) electrons. The van der Waals surface area contributed by atoms with Gasteiger partial charge in [0, 0.05) is 0 Å². The Labute approximate surface area is 52.1 Å². The van der Waals surface area contributed by atoms with Gasteiger partial charge in [0.2, 0.25) is 0 Å². The fourth-order valence-electron chi connectivity index (χ4n) is 0. The normalized spacial score (nSPS) is 10.0. The van der Waals surface area contributed by atoms with Crippen molar-refractivity contribution in [1.82, 2.24) is 0 Å². The standard InChI is InChI=1S/C3H10OSi.Li/c1-5(2,3)4;/h4H,1-3H3;/q;+1. The molecular weight excluding hydrogens is 87.1 g/mol. The summed E-state index contributed by atoms with van der Waals surface area (Å²) in [6.45, 7) is 5.65. The Morgan fingerprint density at radius 2 is 1.17 bits per heavy atom. The minimum Gasteiger partial charge on any atom is -0.433 e. The van der Waals surface area contributed by atoms with Crippen LogP contribution in [0.25, 0.3) is 0 Å². The third kappa shape index (κ3) is 113. The second-order valence-electron chi connectivity index (χ2n) is 2.17. The number of hydrogen-bond acceptors (Lipinski definition) is 1. The van der Waals surface area contributed by atoms with E-state index in [4.69, 9.17) is 4.80 Å². The summed E-state index contributed by atoms with van der Waals surface area (Å²) in [7, 11) is -1.61. The van der Waals surface area contributed by atoms with Crippen molar-refractivity contribution in [3.8, 4) is 0 Å². The van der Waals surface area contributed by atoms with Gasteiger partial charge < -0.3 is 4.80 Å². The van der Waals surface area contributed by atoms with E-state index in [0.717, 1.165) is 0 Å². The van der Waals surface area contributed by atoms with Gasteiger partial charge in [-0.1, -0.05) is 0 Å². The predicted octanol–water partition coefficient (Wildman–Crippen LogP) is -2.18. The Morgan fingerprint density at radius 1 is 1.17 bits per heavy atom. The molecule has 0 heterocycles. The van der Waals surface area contributed by atoms with Gasteiger partial charge in [-0.05, 0) is 19.6 Å². The van der Waals surface area contributed by atoms with Gasteiger partial charge in [0.1, 0.15) is 0 Å². The van der Waals surface area contributed by atoms with Crippen molar-refractivity contribution in [3.05, 3.63) is 0 Å². The number of hydrogen-bond donors (Lipinski definition) is 1. The molecule has 3 heteroatoms. The topological polar surface area (TPSA) is 20.2 Å². The Bertz CT molecular complexity index is 26.3. The molecule has 6 heavy (non-hydrogen) atoms. The van der Waals surface area contributed by atoms with Crippen LogP contribution in [0.5, 0.6) is 0 Å². The summed E-state index contributed by atoms with van der Waals surface area (Å²) in [6.07, 6.45) is 0. The molecule has 0 aromatic carbocycles. The second kappa shape index (κ2) is 2.87. The van der Waals surface area contributed by atoms with E-state index in [2.05, 4.69) is 0 Å². The molecule has 0 aliphatic rings. The zero-order valence-electron chi connectivity index (χ0n) is 4.95. The van der Waals surface area contributed by atoms with Crippen molar-refractivity contribution in [2.75, 3.05) is 0 Å². The van der Waals surface area contributed by atoms with Crippen LogP contribution in [0.15, 0.2) is 0 Å². The van der Waals surface area contributed by atoms with Crippen LogP contribution in [-0.4, -0.2) is 13.1 Å². The minimum absolute atomic E-state index is 0. The fraction of sp³-hybridized carbons (Fsp3) is 1.00. The van der Waals surface area contributed by atoms with Gasteiger partial charge in [-0.3, -0.25) is 0 Å². The van der Waals surface area contributed by atoms with E-state index in [0.29, 0.717) is 0 Å². The summed E-state index contributed by atoms with van der Waals surface area (Å²) in [5, 5.41) is 0. The van der Waals surface area contributed by atoms with Crippen LogP contribution >= 0.6 is 0 Å². The van der Waals surface area contributed by atoms with E-state index in [-0.39, 0.29) is 18.9 Å². The Morgan fingerprint density at radius 3 is 1.17 bits per heavy atom. The molecule has 32 valence electrons. The Kier molecular flexibility index (Phi) is 4.74. The van der Waals surface area contributed by atoms with Gasteiger partial charge >= 0.3 is 18.9 Å².